The van der Waals surface area contributed by atoms with Gasteiger partial charge in [-0.15, -0.1) is 0 Å². The second kappa shape index (κ2) is 10.2. The van der Waals surface area contributed by atoms with E-state index in [9.17, 15) is 14.4 Å². The number of benzene rings is 2. The van der Waals surface area contributed by atoms with Gasteiger partial charge in [0.25, 0.3) is 5.91 Å². The number of nitrogens with zero attached hydrogens (tertiary/aromatic N) is 3. The van der Waals surface area contributed by atoms with Gasteiger partial charge in [0.15, 0.2) is 6.04 Å². The van der Waals surface area contributed by atoms with Crippen LogP contribution >= 0.6 is 0 Å². The van der Waals surface area contributed by atoms with Gasteiger partial charge in [-0.25, -0.2) is 4.98 Å². The van der Waals surface area contributed by atoms with Crippen molar-refractivity contribution in [3.05, 3.63) is 65.5 Å². The Morgan fingerprint density at radius 1 is 1.03 bits per heavy atom. The molecular formula is C30H37N5O3. The molecule has 8 nitrogen and oxygen atoms in total. The molecule has 38 heavy (non-hydrogen) atoms. The van der Waals surface area contributed by atoms with Gasteiger partial charge in [0.1, 0.15) is 17.9 Å². The molecule has 2 heterocycles. The first-order valence-corrected chi connectivity index (χ1v) is 13.6. The molecule has 0 unspecified atom stereocenters. The van der Waals surface area contributed by atoms with Crippen LogP contribution in [0.15, 0.2) is 48.5 Å². The second-order valence-corrected chi connectivity index (χ2v) is 11.4. The largest absolute Gasteiger partial charge is 0.352 e. The van der Waals surface area contributed by atoms with Crippen LogP contribution in [0.5, 0.6) is 0 Å². The molecular weight excluding hydrogens is 478 g/mol. The van der Waals surface area contributed by atoms with Gasteiger partial charge < -0.3 is 20.1 Å². The van der Waals surface area contributed by atoms with Crippen LogP contribution in [0.2, 0.25) is 0 Å². The van der Waals surface area contributed by atoms with Crippen molar-refractivity contribution in [1.82, 2.24) is 25.1 Å². The van der Waals surface area contributed by atoms with Gasteiger partial charge in [-0.1, -0.05) is 50.2 Å². The molecule has 1 fully saturated rings. The van der Waals surface area contributed by atoms with Gasteiger partial charge in [0.2, 0.25) is 11.8 Å². The fourth-order valence-corrected chi connectivity index (χ4v) is 6.01. The number of nitrogens with one attached hydrogen (secondary N) is 2. The minimum atomic E-state index is -1.04. The number of fused-ring (bicyclic) bond motifs is 2. The predicted molar refractivity (Wildman–Crippen MR) is 146 cm³/mol. The van der Waals surface area contributed by atoms with E-state index in [4.69, 9.17) is 4.98 Å². The molecule has 0 saturated carbocycles. The molecule has 1 aromatic heterocycles. The SMILES string of the molecule is CC(C)C[C@@H]1C(=O)N[C@H](C2Cc3ccccc3C2)C(=O)N1[C@@H](C(=O)NC(C)C)c1nc2ccccc2n1C. The summed E-state index contributed by atoms with van der Waals surface area (Å²) in [5, 5.41) is 6.07. The number of para-hydroxylation sites is 2. The number of piperazine rings is 1. The zero-order valence-corrected chi connectivity index (χ0v) is 22.8. The summed E-state index contributed by atoms with van der Waals surface area (Å²) in [6.07, 6.45) is 1.87. The van der Waals surface area contributed by atoms with Crippen molar-refractivity contribution in [1.29, 1.82) is 0 Å². The predicted octanol–water partition coefficient (Wildman–Crippen LogP) is 3.30. The van der Waals surface area contributed by atoms with Crippen molar-refractivity contribution in [3.63, 3.8) is 0 Å². The van der Waals surface area contributed by atoms with E-state index in [2.05, 4.69) is 22.8 Å². The van der Waals surface area contributed by atoms with E-state index in [-0.39, 0.29) is 35.6 Å². The first-order valence-electron chi connectivity index (χ1n) is 13.6. The van der Waals surface area contributed by atoms with Crippen molar-refractivity contribution in [3.8, 4) is 0 Å². The topological polar surface area (TPSA) is 96.3 Å². The van der Waals surface area contributed by atoms with Crippen molar-refractivity contribution in [2.24, 2.45) is 18.9 Å². The van der Waals surface area contributed by atoms with Gasteiger partial charge in [-0.2, -0.15) is 0 Å². The Labute approximate surface area is 223 Å². The number of aryl methyl sites for hydroxylation is 1. The maximum atomic E-state index is 14.4. The van der Waals surface area contributed by atoms with Crippen LogP contribution in [0, 0.1) is 11.8 Å². The lowest BCUT2D eigenvalue weighted by atomic mass is 9.89. The third kappa shape index (κ3) is 4.68. The summed E-state index contributed by atoms with van der Waals surface area (Å²) in [6, 6.07) is 13.2. The van der Waals surface area contributed by atoms with E-state index in [1.165, 1.54) is 11.1 Å². The van der Waals surface area contributed by atoms with Gasteiger partial charge in [-0.05, 0) is 68.2 Å². The molecule has 3 amide bonds. The molecule has 200 valence electrons. The summed E-state index contributed by atoms with van der Waals surface area (Å²) in [7, 11) is 1.86. The van der Waals surface area contributed by atoms with Crippen LogP contribution in [0.25, 0.3) is 11.0 Å². The van der Waals surface area contributed by atoms with E-state index in [1.807, 2.05) is 75.7 Å². The number of hydrogen-bond acceptors (Lipinski definition) is 4. The van der Waals surface area contributed by atoms with E-state index >= 15 is 0 Å². The zero-order valence-electron chi connectivity index (χ0n) is 22.8. The van der Waals surface area contributed by atoms with Crippen molar-refractivity contribution in [2.45, 2.75) is 71.1 Å². The van der Waals surface area contributed by atoms with Crippen LogP contribution in [-0.4, -0.2) is 50.3 Å². The van der Waals surface area contributed by atoms with Gasteiger partial charge in [0, 0.05) is 13.1 Å². The Morgan fingerprint density at radius 2 is 1.66 bits per heavy atom. The minimum Gasteiger partial charge on any atom is -0.352 e. The molecule has 3 aromatic rings. The Bertz CT molecular complexity index is 1350. The first kappa shape index (κ1) is 25.9. The first-order chi connectivity index (χ1) is 18.2. The molecule has 2 N–H and O–H groups in total. The summed E-state index contributed by atoms with van der Waals surface area (Å²) in [6.45, 7) is 7.82. The number of aromatic nitrogens is 2. The Morgan fingerprint density at radius 3 is 2.26 bits per heavy atom. The molecule has 0 radical (unpaired) electrons. The average Bonchev–Trinajstić information content (AvgIpc) is 3.44. The van der Waals surface area contributed by atoms with Crippen LogP contribution in [0.4, 0.5) is 0 Å². The zero-order chi connectivity index (χ0) is 27.1. The fourth-order valence-electron chi connectivity index (χ4n) is 6.01. The number of carbonyl (C=O) groups excluding carboxylic acids is 3. The van der Waals surface area contributed by atoms with E-state index in [0.717, 1.165) is 11.0 Å². The van der Waals surface area contributed by atoms with Gasteiger partial charge in [0.05, 0.1) is 11.0 Å². The Balaban J connectivity index is 1.60. The average molecular weight is 516 g/mol. The molecule has 2 aromatic carbocycles. The van der Waals surface area contributed by atoms with Crippen molar-refractivity contribution >= 4 is 28.8 Å². The molecule has 8 heteroatoms. The lowest BCUT2D eigenvalue weighted by Gasteiger charge is -2.44. The van der Waals surface area contributed by atoms with Crippen molar-refractivity contribution in [2.75, 3.05) is 0 Å². The number of imidazole rings is 1. The molecule has 0 bridgehead atoms. The van der Waals surface area contributed by atoms with Crippen molar-refractivity contribution < 1.29 is 14.4 Å². The molecule has 5 rings (SSSR count). The Hall–Kier alpha value is -3.68. The summed E-state index contributed by atoms with van der Waals surface area (Å²) in [4.78, 5) is 48.4. The second-order valence-electron chi connectivity index (χ2n) is 11.4. The fraction of sp³-hybridized carbons (Fsp3) is 0.467. The summed E-state index contributed by atoms with van der Waals surface area (Å²) in [5.74, 6) is -0.231. The third-order valence-electron chi connectivity index (χ3n) is 7.73. The van der Waals surface area contributed by atoms with Crippen LogP contribution in [-0.2, 0) is 34.3 Å². The highest BCUT2D eigenvalue weighted by molar-refractivity contribution is 6.00. The highest BCUT2D eigenvalue weighted by Gasteiger charge is 2.50. The molecule has 1 saturated heterocycles. The molecule has 2 aliphatic rings. The number of rotatable bonds is 7. The Kier molecular flexibility index (Phi) is 6.99. The van der Waals surface area contributed by atoms with Gasteiger partial charge in [-0.3, -0.25) is 14.4 Å². The van der Waals surface area contributed by atoms with Crippen LogP contribution in [0.3, 0.4) is 0 Å². The number of carbonyl (C=O) groups is 3. The lowest BCUT2D eigenvalue weighted by Crippen LogP contribution is -2.67. The van der Waals surface area contributed by atoms with E-state index in [0.29, 0.717) is 25.1 Å². The van der Waals surface area contributed by atoms with Crippen LogP contribution < -0.4 is 10.6 Å². The lowest BCUT2D eigenvalue weighted by molar-refractivity contribution is -0.158. The normalized spacial score (nSPS) is 20.8. The molecule has 3 atom stereocenters. The molecule has 0 spiro atoms. The van der Waals surface area contributed by atoms with Crippen LogP contribution in [0.1, 0.15) is 57.1 Å². The quantitative estimate of drug-likeness (QED) is 0.505. The minimum absolute atomic E-state index is 0.0689. The smallest absolute Gasteiger partial charge is 0.250 e. The highest BCUT2D eigenvalue weighted by atomic mass is 16.2. The maximum Gasteiger partial charge on any atom is 0.250 e. The molecule has 1 aliphatic carbocycles. The maximum absolute atomic E-state index is 14.4. The summed E-state index contributed by atoms with van der Waals surface area (Å²) >= 11 is 0. The molecule has 1 aliphatic heterocycles. The number of hydrogen-bond donors (Lipinski definition) is 2. The standard InChI is InChI=1S/C30H37N5O3/c1-17(2)14-24-28(36)33-25(21-15-19-10-6-7-11-20(19)16-21)30(38)35(24)26(29(37)31-18(3)4)27-32-22-12-8-9-13-23(22)34(27)5/h6-13,17-18,21,24-26H,14-16H2,1-5H3,(H,31,37)(H,33,36)/t24-,25-,26-/m1/s1. The van der Waals surface area contributed by atoms with E-state index in [1.54, 1.807) is 4.90 Å². The third-order valence-corrected chi connectivity index (χ3v) is 7.73. The number of amides is 3. The monoisotopic (exact) mass is 515 g/mol. The highest BCUT2D eigenvalue weighted by Crippen LogP contribution is 2.35. The van der Waals surface area contributed by atoms with E-state index < -0.39 is 18.1 Å². The van der Waals surface area contributed by atoms with Gasteiger partial charge >= 0.3 is 0 Å². The summed E-state index contributed by atoms with van der Waals surface area (Å²) < 4.78 is 1.87. The summed E-state index contributed by atoms with van der Waals surface area (Å²) in [5.41, 5.74) is 4.02.